The van der Waals surface area contributed by atoms with Crippen LogP contribution in [0.15, 0.2) is 6.20 Å². The topological polar surface area (TPSA) is 28.7 Å². The normalized spacial score (nSPS) is 9.56. The zero-order chi connectivity index (χ0) is 6.85. The first kappa shape index (κ1) is 6.42. The van der Waals surface area contributed by atoms with Gasteiger partial charge in [0.05, 0.1) is 0 Å². The van der Waals surface area contributed by atoms with Gasteiger partial charge in [-0.25, -0.2) is 4.98 Å². The summed E-state index contributed by atoms with van der Waals surface area (Å²) in [4.78, 5) is 6.84. The van der Waals surface area contributed by atoms with Gasteiger partial charge in [0.15, 0.2) is 4.77 Å². The molecule has 0 aromatic carbocycles. The summed E-state index contributed by atoms with van der Waals surface area (Å²) in [6.07, 6.45) is 1.77. The van der Waals surface area contributed by atoms with E-state index < -0.39 is 0 Å². The van der Waals surface area contributed by atoms with Crippen LogP contribution in [0.1, 0.15) is 11.3 Å². The Morgan fingerprint density at radius 2 is 2.22 bits per heavy atom. The lowest BCUT2D eigenvalue weighted by molar-refractivity contribution is 1.04. The third-order valence-corrected chi connectivity index (χ3v) is 1.47. The molecule has 0 aliphatic carbocycles. The van der Waals surface area contributed by atoms with Crippen molar-refractivity contribution >= 4 is 12.2 Å². The first-order valence-corrected chi connectivity index (χ1v) is 3.13. The predicted octanol–water partition coefficient (Wildman–Crippen LogP) is 1.76. The summed E-state index contributed by atoms with van der Waals surface area (Å²) in [6, 6.07) is 0. The lowest BCUT2D eigenvalue weighted by atomic mass is 10.3. The first-order valence-electron chi connectivity index (χ1n) is 2.72. The predicted molar refractivity (Wildman–Crippen MR) is 38.9 cm³/mol. The molecule has 0 aliphatic rings. The molecule has 0 fully saturated rings. The van der Waals surface area contributed by atoms with Crippen LogP contribution in [0.2, 0.25) is 0 Å². The zero-order valence-electron chi connectivity index (χ0n) is 5.43. The smallest absolute Gasteiger partial charge is 0.196 e. The van der Waals surface area contributed by atoms with E-state index in [4.69, 9.17) is 12.2 Å². The Balaban J connectivity index is 3.34. The standard InChI is InChI=1S/C6H8N2S/c1-4-3-7-6(9)8-5(4)2/h3H,1-2H3,(H,7,8,9). The van der Waals surface area contributed by atoms with Crippen LogP contribution < -0.4 is 0 Å². The van der Waals surface area contributed by atoms with Crippen LogP contribution in [0.25, 0.3) is 0 Å². The Morgan fingerprint density at radius 1 is 1.56 bits per heavy atom. The monoisotopic (exact) mass is 140 g/mol. The second-order valence-corrected chi connectivity index (χ2v) is 2.38. The van der Waals surface area contributed by atoms with E-state index in [-0.39, 0.29) is 0 Å². The number of nitrogens with one attached hydrogen (secondary N) is 1. The van der Waals surface area contributed by atoms with E-state index in [0.717, 1.165) is 11.3 Å². The van der Waals surface area contributed by atoms with Crippen LogP contribution in [0.5, 0.6) is 0 Å². The molecular weight excluding hydrogens is 132 g/mol. The number of H-pyrrole nitrogens is 1. The molecule has 2 nitrogen and oxygen atoms in total. The van der Waals surface area contributed by atoms with Gasteiger partial charge in [0.2, 0.25) is 0 Å². The summed E-state index contributed by atoms with van der Waals surface area (Å²) in [6.45, 7) is 3.97. The molecule has 0 spiro atoms. The molecule has 0 aliphatic heterocycles. The number of aryl methyl sites for hydroxylation is 2. The van der Waals surface area contributed by atoms with Crippen molar-refractivity contribution in [3.05, 3.63) is 22.2 Å². The minimum absolute atomic E-state index is 0.554. The Kier molecular flexibility index (Phi) is 1.62. The van der Waals surface area contributed by atoms with Gasteiger partial charge >= 0.3 is 0 Å². The van der Waals surface area contributed by atoms with E-state index in [2.05, 4.69) is 9.97 Å². The van der Waals surface area contributed by atoms with E-state index in [1.807, 2.05) is 13.8 Å². The molecule has 1 N–H and O–H groups in total. The van der Waals surface area contributed by atoms with Crippen molar-refractivity contribution in [3.8, 4) is 0 Å². The Bertz CT molecular complexity index is 264. The van der Waals surface area contributed by atoms with Crippen LogP contribution in [-0.4, -0.2) is 9.97 Å². The second kappa shape index (κ2) is 2.27. The molecule has 0 saturated carbocycles. The van der Waals surface area contributed by atoms with Gasteiger partial charge in [0.25, 0.3) is 0 Å². The molecule has 0 radical (unpaired) electrons. The van der Waals surface area contributed by atoms with E-state index in [1.165, 1.54) is 0 Å². The number of hydrogen-bond donors (Lipinski definition) is 1. The van der Waals surface area contributed by atoms with Crippen molar-refractivity contribution in [2.45, 2.75) is 13.8 Å². The third kappa shape index (κ3) is 1.36. The molecule has 48 valence electrons. The molecule has 0 unspecified atom stereocenters. The number of nitrogens with zero attached hydrogens (tertiary/aromatic N) is 1. The highest BCUT2D eigenvalue weighted by Crippen LogP contribution is 1.97. The minimum atomic E-state index is 0.554. The van der Waals surface area contributed by atoms with Gasteiger partial charge in [-0.3, -0.25) is 0 Å². The quantitative estimate of drug-likeness (QED) is 0.556. The number of aromatic nitrogens is 2. The molecule has 0 saturated heterocycles. The maximum absolute atomic E-state index is 4.79. The average molecular weight is 140 g/mol. The minimum Gasteiger partial charge on any atom is -0.335 e. The molecule has 1 rings (SSSR count). The molecule has 1 aromatic heterocycles. The summed E-state index contributed by atoms with van der Waals surface area (Å²) in [5.41, 5.74) is 2.23. The van der Waals surface area contributed by atoms with Crippen LogP contribution in [0.4, 0.5) is 0 Å². The molecule has 0 amide bonds. The SMILES string of the molecule is Cc1cnc(=S)[nH]c1C. The molecule has 0 atom stereocenters. The summed E-state index contributed by atoms with van der Waals surface area (Å²) in [7, 11) is 0. The van der Waals surface area contributed by atoms with Gasteiger partial charge in [0, 0.05) is 11.9 Å². The lowest BCUT2D eigenvalue weighted by Gasteiger charge is -1.94. The van der Waals surface area contributed by atoms with Crippen LogP contribution in [-0.2, 0) is 0 Å². The number of rotatable bonds is 0. The van der Waals surface area contributed by atoms with E-state index in [1.54, 1.807) is 6.20 Å². The molecule has 1 aromatic rings. The van der Waals surface area contributed by atoms with Crippen LogP contribution in [0, 0.1) is 18.6 Å². The van der Waals surface area contributed by atoms with Gasteiger partial charge in [0.1, 0.15) is 0 Å². The Morgan fingerprint density at radius 3 is 2.67 bits per heavy atom. The van der Waals surface area contributed by atoms with Crippen LogP contribution >= 0.6 is 12.2 Å². The fourth-order valence-electron chi connectivity index (χ4n) is 0.544. The van der Waals surface area contributed by atoms with Gasteiger partial charge in [-0.05, 0) is 31.6 Å². The van der Waals surface area contributed by atoms with Crippen LogP contribution in [0.3, 0.4) is 0 Å². The van der Waals surface area contributed by atoms with Crippen molar-refractivity contribution < 1.29 is 0 Å². The highest BCUT2D eigenvalue weighted by molar-refractivity contribution is 7.71. The molecule has 0 bridgehead atoms. The highest BCUT2D eigenvalue weighted by Gasteiger charge is 1.88. The lowest BCUT2D eigenvalue weighted by Crippen LogP contribution is -1.88. The second-order valence-electron chi connectivity index (χ2n) is 2.00. The van der Waals surface area contributed by atoms with E-state index in [9.17, 15) is 0 Å². The van der Waals surface area contributed by atoms with E-state index in [0.29, 0.717) is 4.77 Å². The molecule has 9 heavy (non-hydrogen) atoms. The molecular formula is C6H8N2S. The number of hydrogen-bond acceptors (Lipinski definition) is 2. The van der Waals surface area contributed by atoms with Crippen molar-refractivity contribution in [2.75, 3.05) is 0 Å². The Labute approximate surface area is 59.0 Å². The summed E-state index contributed by atoms with van der Waals surface area (Å²) < 4.78 is 0.554. The first-order chi connectivity index (χ1) is 4.20. The van der Waals surface area contributed by atoms with Crippen molar-refractivity contribution in [3.63, 3.8) is 0 Å². The van der Waals surface area contributed by atoms with Crippen molar-refractivity contribution in [1.29, 1.82) is 0 Å². The van der Waals surface area contributed by atoms with E-state index >= 15 is 0 Å². The largest absolute Gasteiger partial charge is 0.335 e. The van der Waals surface area contributed by atoms with Gasteiger partial charge in [-0.2, -0.15) is 0 Å². The van der Waals surface area contributed by atoms with Crippen molar-refractivity contribution in [1.82, 2.24) is 9.97 Å². The Hall–Kier alpha value is -0.700. The summed E-state index contributed by atoms with van der Waals surface area (Å²) in [5.74, 6) is 0. The zero-order valence-corrected chi connectivity index (χ0v) is 6.25. The highest BCUT2D eigenvalue weighted by atomic mass is 32.1. The van der Waals surface area contributed by atoms with Gasteiger partial charge in [-0.1, -0.05) is 0 Å². The van der Waals surface area contributed by atoms with Crippen molar-refractivity contribution in [2.24, 2.45) is 0 Å². The maximum atomic E-state index is 4.79. The summed E-state index contributed by atoms with van der Waals surface area (Å²) in [5, 5.41) is 0. The average Bonchev–Trinajstić information content (AvgIpc) is 1.80. The molecule has 1 heterocycles. The maximum Gasteiger partial charge on any atom is 0.196 e. The molecule has 3 heteroatoms. The van der Waals surface area contributed by atoms with Gasteiger partial charge < -0.3 is 4.98 Å². The number of aromatic amines is 1. The summed E-state index contributed by atoms with van der Waals surface area (Å²) >= 11 is 4.79. The fraction of sp³-hybridized carbons (Fsp3) is 0.333. The fourth-order valence-corrected chi connectivity index (χ4v) is 0.749. The van der Waals surface area contributed by atoms with Gasteiger partial charge in [-0.15, -0.1) is 0 Å². The third-order valence-electron chi connectivity index (χ3n) is 1.26.